The van der Waals surface area contributed by atoms with Gasteiger partial charge in [-0.25, -0.2) is 4.98 Å². The van der Waals surface area contributed by atoms with Crippen molar-refractivity contribution in [2.45, 2.75) is 13.0 Å². The van der Waals surface area contributed by atoms with Crippen LogP contribution in [-0.2, 0) is 0 Å². The Labute approximate surface area is 176 Å². The standard InChI is InChI=1S/C21H18ClN3O3S/c1-12(14-5-3-4-6-15(14)22)28-18-10-19(29-20(18)21(23)26)25-11-24-16-8-7-13(27-2)9-17(16)25/h3-12H,1-2H3,(H2,23,26)/t12-/m1/s1. The van der Waals surface area contributed by atoms with E-state index >= 15 is 0 Å². The Morgan fingerprint density at radius 2 is 2.03 bits per heavy atom. The molecule has 0 aliphatic rings. The van der Waals surface area contributed by atoms with E-state index in [0.717, 1.165) is 27.3 Å². The van der Waals surface area contributed by atoms with Gasteiger partial charge in [-0.05, 0) is 25.1 Å². The summed E-state index contributed by atoms with van der Waals surface area (Å²) in [6.07, 6.45) is 1.34. The lowest BCUT2D eigenvalue weighted by molar-refractivity contribution is 0.0998. The maximum atomic E-state index is 12.0. The molecule has 4 aromatic rings. The topological polar surface area (TPSA) is 79.4 Å². The van der Waals surface area contributed by atoms with Crippen LogP contribution in [-0.4, -0.2) is 22.6 Å². The number of carbonyl (C=O) groups is 1. The van der Waals surface area contributed by atoms with E-state index in [1.54, 1.807) is 25.6 Å². The van der Waals surface area contributed by atoms with Crippen molar-refractivity contribution in [3.8, 4) is 16.5 Å². The van der Waals surface area contributed by atoms with E-state index in [1.807, 2.05) is 47.9 Å². The minimum absolute atomic E-state index is 0.337. The molecule has 0 fully saturated rings. The molecule has 148 valence electrons. The number of hydrogen-bond donors (Lipinski definition) is 1. The molecule has 6 nitrogen and oxygen atoms in total. The summed E-state index contributed by atoms with van der Waals surface area (Å²) >= 11 is 7.52. The maximum Gasteiger partial charge on any atom is 0.262 e. The Morgan fingerprint density at radius 3 is 2.76 bits per heavy atom. The van der Waals surface area contributed by atoms with Crippen LogP contribution in [0.3, 0.4) is 0 Å². The first-order valence-corrected chi connectivity index (χ1v) is 10.0. The van der Waals surface area contributed by atoms with Crippen LogP contribution >= 0.6 is 22.9 Å². The molecule has 2 aromatic heterocycles. The fourth-order valence-electron chi connectivity index (χ4n) is 3.09. The van der Waals surface area contributed by atoms with Crippen LogP contribution in [0.15, 0.2) is 54.9 Å². The highest BCUT2D eigenvalue weighted by molar-refractivity contribution is 7.16. The number of thiophene rings is 1. The van der Waals surface area contributed by atoms with Crippen LogP contribution < -0.4 is 15.2 Å². The summed E-state index contributed by atoms with van der Waals surface area (Å²) in [6, 6.07) is 14.8. The number of fused-ring (bicyclic) bond motifs is 1. The monoisotopic (exact) mass is 427 g/mol. The van der Waals surface area contributed by atoms with Crippen molar-refractivity contribution < 1.29 is 14.3 Å². The second-order valence-corrected chi connectivity index (χ2v) is 7.83. The van der Waals surface area contributed by atoms with Crippen molar-refractivity contribution in [1.29, 1.82) is 0 Å². The molecule has 29 heavy (non-hydrogen) atoms. The van der Waals surface area contributed by atoms with E-state index in [1.165, 1.54) is 11.3 Å². The van der Waals surface area contributed by atoms with Crippen LogP contribution in [0.4, 0.5) is 0 Å². The van der Waals surface area contributed by atoms with E-state index in [2.05, 4.69) is 4.98 Å². The molecule has 0 bridgehead atoms. The number of amides is 1. The molecule has 0 unspecified atom stereocenters. The minimum Gasteiger partial charge on any atom is -0.497 e. The number of nitrogens with zero attached hydrogens (tertiary/aromatic N) is 2. The molecule has 2 aromatic carbocycles. The van der Waals surface area contributed by atoms with Crippen molar-refractivity contribution in [2.75, 3.05) is 7.11 Å². The lowest BCUT2D eigenvalue weighted by Gasteiger charge is -2.16. The van der Waals surface area contributed by atoms with Crippen molar-refractivity contribution in [3.05, 3.63) is 70.3 Å². The second kappa shape index (κ2) is 7.77. The number of rotatable bonds is 6. The highest BCUT2D eigenvalue weighted by Crippen LogP contribution is 2.37. The molecule has 1 amide bonds. The SMILES string of the molecule is COc1ccc2ncn(-c3cc(O[C@H](C)c4ccccc4Cl)c(C(N)=O)s3)c2c1. The zero-order valence-electron chi connectivity index (χ0n) is 15.8. The van der Waals surface area contributed by atoms with Crippen molar-refractivity contribution >= 4 is 39.9 Å². The molecule has 0 aliphatic heterocycles. The highest BCUT2D eigenvalue weighted by atomic mass is 35.5. The number of hydrogen-bond acceptors (Lipinski definition) is 5. The number of carbonyl (C=O) groups excluding carboxylic acids is 1. The highest BCUT2D eigenvalue weighted by Gasteiger charge is 2.21. The Hall–Kier alpha value is -3.03. The first-order valence-electron chi connectivity index (χ1n) is 8.84. The Kier molecular flexibility index (Phi) is 5.17. The van der Waals surface area contributed by atoms with Crippen LogP contribution in [0.5, 0.6) is 11.5 Å². The molecule has 0 spiro atoms. The third-order valence-corrected chi connectivity index (χ3v) is 6.02. The molecule has 1 atom stereocenters. The summed E-state index contributed by atoms with van der Waals surface area (Å²) < 4.78 is 13.3. The summed E-state index contributed by atoms with van der Waals surface area (Å²) in [5, 5.41) is 1.36. The number of methoxy groups -OCH3 is 1. The fraction of sp³-hybridized carbons (Fsp3) is 0.143. The predicted molar refractivity (Wildman–Crippen MR) is 115 cm³/mol. The third kappa shape index (κ3) is 3.66. The minimum atomic E-state index is -0.551. The largest absolute Gasteiger partial charge is 0.497 e. The van der Waals surface area contributed by atoms with E-state index in [4.69, 9.17) is 26.8 Å². The molecular formula is C21H18ClN3O3S. The van der Waals surface area contributed by atoms with Gasteiger partial charge in [0, 0.05) is 22.7 Å². The van der Waals surface area contributed by atoms with Gasteiger partial charge in [0.25, 0.3) is 5.91 Å². The van der Waals surface area contributed by atoms with Gasteiger partial charge in [0.15, 0.2) is 0 Å². The van der Waals surface area contributed by atoms with Gasteiger partial charge in [-0.1, -0.05) is 29.8 Å². The number of aromatic nitrogens is 2. The summed E-state index contributed by atoms with van der Waals surface area (Å²) in [5.74, 6) is 0.578. The third-order valence-electron chi connectivity index (χ3n) is 4.55. The second-order valence-electron chi connectivity index (χ2n) is 6.39. The van der Waals surface area contributed by atoms with Crippen LogP contribution in [0.25, 0.3) is 16.0 Å². The van der Waals surface area contributed by atoms with E-state index in [0.29, 0.717) is 15.6 Å². The van der Waals surface area contributed by atoms with Gasteiger partial charge in [-0.3, -0.25) is 9.36 Å². The van der Waals surface area contributed by atoms with Crippen molar-refractivity contribution in [1.82, 2.24) is 9.55 Å². The molecule has 0 saturated carbocycles. The number of benzene rings is 2. The normalized spacial score (nSPS) is 12.1. The van der Waals surface area contributed by atoms with E-state index in [-0.39, 0.29) is 6.10 Å². The molecule has 2 N–H and O–H groups in total. The molecule has 2 heterocycles. The summed E-state index contributed by atoms with van der Waals surface area (Å²) in [7, 11) is 1.61. The van der Waals surface area contributed by atoms with Crippen molar-refractivity contribution in [3.63, 3.8) is 0 Å². The quantitative estimate of drug-likeness (QED) is 0.470. The van der Waals surface area contributed by atoms with Crippen LogP contribution in [0.2, 0.25) is 5.02 Å². The number of primary amides is 1. The first kappa shape index (κ1) is 19.3. The summed E-state index contributed by atoms with van der Waals surface area (Å²) in [6.45, 7) is 1.88. The van der Waals surface area contributed by atoms with Gasteiger partial charge in [-0.2, -0.15) is 0 Å². The van der Waals surface area contributed by atoms with Gasteiger partial charge in [0.05, 0.1) is 18.1 Å². The fourth-order valence-corrected chi connectivity index (χ4v) is 4.31. The zero-order chi connectivity index (χ0) is 20.5. The summed E-state index contributed by atoms with van der Waals surface area (Å²) in [5.41, 5.74) is 8.10. The number of nitrogens with two attached hydrogens (primary N) is 1. The number of imidazole rings is 1. The molecule has 0 aliphatic carbocycles. The van der Waals surface area contributed by atoms with Crippen molar-refractivity contribution in [2.24, 2.45) is 5.73 Å². The van der Waals surface area contributed by atoms with Gasteiger partial charge in [-0.15, -0.1) is 11.3 Å². The van der Waals surface area contributed by atoms with Gasteiger partial charge in [0.2, 0.25) is 0 Å². The van der Waals surface area contributed by atoms with E-state index < -0.39 is 5.91 Å². The maximum absolute atomic E-state index is 12.0. The van der Waals surface area contributed by atoms with Crippen LogP contribution in [0.1, 0.15) is 28.3 Å². The molecule has 8 heteroatoms. The Balaban J connectivity index is 1.74. The average molecular weight is 428 g/mol. The lowest BCUT2D eigenvalue weighted by Crippen LogP contribution is -2.12. The van der Waals surface area contributed by atoms with E-state index in [9.17, 15) is 4.79 Å². The number of ether oxygens (including phenoxy) is 2. The molecule has 4 rings (SSSR count). The van der Waals surface area contributed by atoms with Gasteiger partial charge in [0.1, 0.15) is 33.8 Å². The molecule has 0 saturated heterocycles. The number of halogens is 1. The molecule has 0 radical (unpaired) electrons. The Bertz CT molecular complexity index is 1200. The molecular weight excluding hydrogens is 410 g/mol. The average Bonchev–Trinajstić information content (AvgIpc) is 3.31. The Morgan fingerprint density at radius 1 is 1.24 bits per heavy atom. The predicted octanol–water partition coefficient (Wildman–Crippen LogP) is 4.99. The zero-order valence-corrected chi connectivity index (χ0v) is 17.3. The van der Waals surface area contributed by atoms with Gasteiger partial charge < -0.3 is 15.2 Å². The first-order chi connectivity index (χ1) is 14.0. The van der Waals surface area contributed by atoms with Gasteiger partial charge >= 0.3 is 0 Å². The smallest absolute Gasteiger partial charge is 0.262 e. The van der Waals surface area contributed by atoms with Crippen LogP contribution in [0, 0.1) is 0 Å². The summed E-state index contributed by atoms with van der Waals surface area (Å²) in [4.78, 5) is 16.8. The lowest BCUT2D eigenvalue weighted by atomic mass is 10.1.